The number of anilines is 1. The Morgan fingerprint density at radius 3 is 2.21 bits per heavy atom. The molecule has 2 aromatic carbocycles. The molecule has 0 spiro atoms. The van der Waals surface area contributed by atoms with Gasteiger partial charge in [0.1, 0.15) is 6.04 Å². The zero-order chi connectivity index (χ0) is 17.4. The highest BCUT2D eigenvalue weighted by atomic mass is 16.4. The number of benzene rings is 2. The number of carbonyl (C=O) groups excluding carboxylic acids is 1. The second kappa shape index (κ2) is 8.69. The van der Waals surface area contributed by atoms with E-state index in [1.165, 1.54) is 0 Å². The first-order valence-corrected chi connectivity index (χ1v) is 7.76. The van der Waals surface area contributed by atoms with Crippen molar-refractivity contribution < 1.29 is 14.7 Å². The highest BCUT2D eigenvalue weighted by molar-refractivity contribution is 5.92. The van der Waals surface area contributed by atoms with Gasteiger partial charge in [-0.15, -0.1) is 0 Å². The molecule has 2 aromatic rings. The maximum absolute atomic E-state index is 11.9. The van der Waals surface area contributed by atoms with Crippen LogP contribution in [0.15, 0.2) is 54.6 Å². The van der Waals surface area contributed by atoms with E-state index in [4.69, 9.17) is 10.8 Å². The van der Waals surface area contributed by atoms with E-state index in [-0.39, 0.29) is 0 Å². The average molecular weight is 327 g/mol. The van der Waals surface area contributed by atoms with Crippen molar-refractivity contribution in [3.8, 4) is 11.1 Å². The van der Waals surface area contributed by atoms with Crippen LogP contribution < -0.4 is 16.4 Å². The van der Waals surface area contributed by atoms with Gasteiger partial charge in [0, 0.05) is 5.69 Å². The lowest BCUT2D eigenvalue weighted by atomic mass is 10.1. The number of hydrogen-bond acceptors (Lipinski definition) is 3. The molecule has 0 bridgehead atoms. The molecule has 0 aliphatic rings. The second-order valence-corrected chi connectivity index (χ2v) is 5.36. The lowest BCUT2D eigenvalue weighted by Gasteiger charge is -2.15. The van der Waals surface area contributed by atoms with Gasteiger partial charge in [0.15, 0.2) is 0 Å². The molecule has 2 amide bonds. The number of carboxylic acid groups (broad SMARTS) is 1. The Kier molecular flexibility index (Phi) is 6.33. The van der Waals surface area contributed by atoms with E-state index in [0.29, 0.717) is 25.1 Å². The Morgan fingerprint density at radius 1 is 1.00 bits per heavy atom. The van der Waals surface area contributed by atoms with Crippen LogP contribution in [0.5, 0.6) is 0 Å². The van der Waals surface area contributed by atoms with Crippen molar-refractivity contribution in [1.29, 1.82) is 0 Å². The van der Waals surface area contributed by atoms with Gasteiger partial charge in [-0.25, -0.2) is 9.59 Å². The fourth-order valence-corrected chi connectivity index (χ4v) is 2.28. The molecule has 0 fully saturated rings. The maximum Gasteiger partial charge on any atom is 0.326 e. The highest BCUT2D eigenvalue weighted by Crippen LogP contribution is 2.20. The quantitative estimate of drug-likeness (QED) is 0.627. The lowest BCUT2D eigenvalue weighted by Crippen LogP contribution is -2.43. The summed E-state index contributed by atoms with van der Waals surface area (Å²) in [5.41, 5.74) is 8.08. The largest absolute Gasteiger partial charge is 0.480 e. The van der Waals surface area contributed by atoms with Crippen LogP contribution in [-0.2, 0) is 4.79 Å². The molecule has 0 radical (unpaired) electrons. The van der Waals surface area contributed by atoms with Crippen molar-refractivity contribution in [1.82, 2.24) is 5.32 Å². The molecule has 2 rings (SSSR count). The van der Waals surface area contributed by atoms with Gasteiger partial charge in [-0.3, -0.25) is 0 Å². The van der Waals surface area contributed by atoms with E-state index in [9.17, 15) is 9.59 Å². The number of nitrogens with one attached hydrogen (secondary N) is 2. The smallest absolute Gasteiger partial charge is 0.326 e. The number of hydrogen-bond donors (Lipinski definition) is 4. The second-order valence-electron chi connectivity index (χ2n) is 5.36. The third-order valence-corrected chi connectivity index (χ3v) is 3.55. The van der Waals surface area contributed by atoms with Crippen molar-refractivity contribution in [2.45, 2.75) is 18.9 Å². The van der Waals surface area contributed by atoms with E-state index in [0.717, 1.165) is 11.1 Å². The highest BCUT2D eigenvalue weighted by Gasteiger charge is 2.19. The summed E-state index contributed by atoms with van der Waals surface area (Å²) in [6.45, 7) is 0.383. The van der Waals surface area contributed by atoms with E-state index in [2.05, 4.69) is 10.6 Å². The van der Waals surface area contributed by atoms with E-state index in [1.54, 1.807) is 12.1 Å². The van der Waals surface area contributed by atoms with Gasteiger partial charge >= 0.3 is 12.0 Å². The van der Waals surface area contributed by atoms with Crippen molar-refractivity contribution in [2.75, 3.05) is 11.9 Å². The molecule has 0 saturated heterocycles. The van der Waals surface area contributed by atoms with Crippen molar-refractivity contribution in [3.05, 3.63) is 54.6 Å². The molecule has 6 heteroatoms. The zero-order valence-electron chi connectivity index (χ0n) is 13.2. The summed E-state index contributed by atoms with van der Waals surface area (Å²) < 4.78 is 0. The van der Waals surface area contributed by atoms with Gasteiger partial charge in [0.05, 0.1) is 0 Å². The van der Waals surface area contributed by atoms with Gasteiger partial charge < -0.3 is 21.5 Å². The molecular weight excluding hydrogens is 306 g/mol. The first kappa shape index (κ1) is 17.5. The van der Waals surface area contributed by atoms with Crippen LogP contribution in [0.25, 0.3) is 11.1 Å². The normalized spacial score (nSPS) is 11.5. The molecule has 0 unspecified atom stereocenters. The zero-order valence-corrected chi connectivity index (χ0v) is 13.2. The number of aliphatic carboxylic acids is 1. The molecule has 0 heterocycles. The average Bonchev–Trinajstić information content (AvgIpc) is 2.59. The Bertz CT molecular complexity index is 672. The lowest BCUT2D eigenvalue weighted by molar-refractivity contribution is -0.139. The minimum Gasteiger partial charge on any atom is -0.480 e. The third-order valence-electron chi connectivity index (χ3n) is 3.55. The summed E-state index contributed by atoms with van der Waals surface area (Å²) in [5, 5.41) is 14.2. The molecule has 0 aliphatic heterocycles. The summed E-state index contributed by atoms with van der Waals surface area (Å²) in [7, 11) is 0. The maximum atomic E-state index is 11.9. The van der Waals surface area contributed by atoms with Crippen LogP contribution >= 0.6 is 0 Å². The van der Waals surface area contributed by atoms with Crippen molar-refractivity contribution in [3.63, 3.8) is 0 Å². The minimum atomic E-state index is -1.07. The first-order chi connectivity index (χ1) is 11.6. The summed E-state index contributed by atoms with van der Waals surface area (Å²) in [4.78, 5) is 23.0. The molecule has 5 N–H and O–H groups in total. The first-order valence-electron chi connectivity index (χ1n) is 7.76. The molecule has 0 aliphatic carbocycles. The predicted molar refractivity (Wildman–Crippen MR) is 93.7 cm³/mol. The van der Waals surface area contributed by atoms with Crippen LogP contribution in [0, 0.1) is 0 Å². The van der Waals surface area contributed by atoms with Crippen LogP contribution in [0.3, 0.4) is 0 Å². The van der Waals surface area contributed by atoms with Gasteiger partial charge in [-0.05, 0) is 42.6 Å². The molecule has 0 saturated carbocycles. The van der Waals surface area contributed by atoms with Gasteiger partial charge in [-0.1, -0.05) is 42.5 Å². The topological polar surface area (TPSA) is 104 Å². The summed E-state index contributed by atoms with van der Waals surface area (Å²) >= 11 is 0. The molecule has 1 atom stereocenters. The SMILES string of the molecule is NCCC[C@@H](NC(=O)Nc1ccc(-c2ccccc2)cc1)C(=O)O. The third kappa shape index (κ3) is 5.10. The molecule has 126 valence electrons. The molecule has 6 nitrogen and oxygen atoms in total. The van der Waals surface area contributed by atoms with E-state index >= 15 is 0 Å². The van der Waals surface area contributed by atoms with Gasteiger partial charge in [0.25, 0.3) is 0 Å². The Morgan fingerprint density at radius 2 is 1.62 bits per heavy atom. The van der Waals surface area contributed by atoms with E-state index < -0.39 is 18.0 Å². The molecular formula is C18H21N3O3. The predicted octanol–water partition coefficient (Wildman–Crippen LogP) is 2.67. The monoisotopic (exact) mass is 327 g/mol. The van der Waals surface area contributed by atoms with Crippen molar-refractivity contribution >= 4 is 17.7 Å². The number of carboxylic acids is 1. The number of nitrogens with two attached hydrogens (primary N) is 1. The Balaban J connectivity index is 1.95. The van der Waals surface area contributed by atoms with Crippen molar-refractivity contribution in [2.24, 2.45) is 5.73 Å². The number of amides is 2. The summed E-state index contributed by atoms with van der Waals surface area (Å²) in [6, 6.07) is 15.7. The Labute approximate surface area is 140 Å². The van der Waals surface area contributed by atoms with Gasteiger partial charge in [-0.2, -0.15) is 0 Å². The fraction of sp³-hybridized carbons (Fsp3) is 0.222. The number of carbonyl (C=O) groups is 2. The fourth-order valence-electron chi connectivity index (χ4n) is 2.28. The Hall–Kier alpha value is -2.86. The van der Waals surface area contributed by atoms with Crippen LogP contribution in [0.2, 0.25) is 0 Å². The number of rotatable bonds is 7. The molecule has 0 aromatic heterocycles. The number of urea groups is 1. The van der Waals surface area contributed by atoms with E-state index in [1.807, 2.05) is 42.5 Å². The van der Waals surface area contributed by atoms with Gasteiger partial charge in [0.2, 0.25) is 0 Å². The summed E-state index contributed by atoms with van der Waals surface area (Å²) in [5.74, 6) is -1.07. The van der Waals surface area contributed by atoms with Crippen LogP contribution in [-0.4, -0.2) is 29.7 Å². The molecule has 24 heavy (non-hydrogen) atoms. The van der Waals surface area contributed by atoms with Crippen LogP contribution in [0.1, 0.15) is 12.8 Å². The minimum absolute atomic E-state index is 0.298. The van der Waals surface area contributed by atoms with Crippen LogP contribution in [0.4, 0.5) is 10.5 Å². The summed E-state index contributed by atoms with van der Waals surface area (Å²) in [6.07, 6.45) is 0.829. The standard InChI is InChI=1S/C18H21N3O3/c19-12-4-7-16(17(22)23)21-18(24)20-15-10-8-14(9-11-15)13-5-2-1-3-6-13/h1-3,5-6,8-11,16H,4,7,12,19H2,(H,22,23)(H2,20,21,24)/t16-/m1/s1.